The van der Waals surface area contributed by atoms with Crippen molar-refractivity contribution in [3.8, 4) is 0 Å². The highest BCUT2D eigenvalue weighted by Gasteiger charge is 2.38. The molecule has 0 spiro atoms. The maximum Gasteiger partial charge on any atom is 0.144 e. The van der Waals surface area contributed by atoms with Gasteiger partial charge < -0.3 is 20.7 Å². The maximum atomic E-state index is 11.8. The Morgan fingerprint density at radius 1 is 1.10 bits per heavy atom. The Hall–Kier alpha value is -0.0800. The van der Waals surface area contributed by atoms with E-state index >= 15 is 0 Å². The van der Waals surface area contributed by atoms with Crippen LogP contribution in [0.25, 0.3) is 0 Å². The molecule has 2 aliphatic carbocycles. The first-order valence-corrected chi connectivity index (χ1v) is 13.4. The number of hydroxylamine groups is 4. The van der Waals surface area contributed by atoms with Crippen molar-refractivity contribution >= 4 is 28.3 Å². The van der Waals surface area contributed by atoms with Gasteiger partial charge in [0.1, 0.15) is 18.6 Å². The predicted molar refractivity (Wildman–Crippen MR) is 126 cm³/mol. The second-order valence-corrected chi connectivity index (χ2v) is 11.6. The van der Waals surface area contributed by atoms with Crippen LogP contribution in [-0.4, -0.2) is 57.8 Å². The number of likely N-dealkylation sites (tertiary alicyclic amines) is 1. The molecular formula is C21H41IN5O4+. The molecular weight excluding hydrogens is 513 g/mol. The lowest BCUT2D eigenvalue weighted by Crippen LogP contribution is -3.15. The Balaban J connectivity index is 1.68. The molecule has 7 unspecified atom stereocenters. The number of halogens is 1. The fourth-order valence-electron chi connectivity index (χ4n) is 5.67. The van der Waals surface area contributed by atoms with Crippen LogP contribution in [-0.2, 0) is 0 Å². The molecule has 0 aromatic heterocycles. The summed E-state index contributed by atoms with van der Waals surface area (Å²) in [6.07, 6.45) is 9.84. The number of hydrogen-bond acceptors (Lipinski definition) is 6. The van der Waals surface area contributed by atoms with Gasteiger partial charge in [-0.2, -0.15) is 5.10 Å². The van der Waals surface area contributed by atoms with Crippen LogP contribution in [0.1, 0.15) is 71.1 Å². The van der Waals surface area contributed by atoms with Crippen LogP contribution in [0, 0.1) is 22.3 Å². The Labute approximate surface area is 199 Å². The first-order valence-electron chi connectivity index (χ1n) is 12.1. The van der Waals surface area contributed by atoms with Crippen molar-refractivity contribution in [2.24, 2.45) is 16.9 Å². The summed E-state index contributed by atoms with van der Waals surface area (Å²) in [5.41, 5.74) is 4.44. The van der Waals surface area contributed by atoms with Crippen LogP contribution in [0.4, 0.5) is 0 Å². The molecule has 7 atom stereocenters. The molecule has 3 aliphatic rings. The summed E-state index contributed by atoms with van der Waals surface area (Å²) in [6.45, 7) is 5.63. The molecule has 10 heteroatoms. The zero-order valence-electron chi connectivity index (χ0n) is 18.7. The molecule has 31 heavy (non-hydrogen) atoms. The van der Waals surface area contributed by atoms with E-state index < -0.39 is 22.5 Å². The number of alkyl halides is 1. The van der Waals surface area contributed by atoms with E-state index in [1.54, 1.807) is 4.90 Å². The van der Waals surface area contributed by atoms with Gasteiger partial charge in [-0.1, -0.05) is 29.5 Å². The predicted octanol–water partition coefficient (Wildman–Crippen LogP) is -0.536. The second-order valence-electron chi connectivity index (χ2n) is 9.88. The van der Waals surface area contributed by atoms with Crippen molar-refractivity contribution in [1.82, 2.24) is 5.43 Å². The lowest BCUT2D eigenvalue weighted by molar-refractivity contribution is -1.09. The van der Waals surface area contributed by atoms with E-state index in [0.717, 1.165) is 29.2 Å². The van der Waals surface area contributed by atoms with E-state index in [2.05, 4.69) is 34.9 Å². The third-order valence-corrected chi connectivity index (χ3v) is 8.99. The summed E-state index contributed by atoms with van der Waals surface area (Å²) in [5, 5.41) is 45.2. The SMILES string of the molecule is CCC1CCC[NH+](CC(=NNC2CCC([NH+]([O-])O)CC2[NH+]([O-])O)C2CCC(I)CC2)C1. The van der Waals surface area contributed by atoms with E-state index in [1.165, 1.54) is 50.9 Å². The summed E-state index contributed by atoms with van der Waals surface area (Å²) in [5.74, 6) is 1.28. The molecule has 3 rings (SSSR count). The Kier molecular flexibility index (Phi) is 10.2. The molecule has 0 radical (unpaired) electrons. The van der Waals surface area contributed by atoms with E-state index in [9.17, 15) is 20.8 Å². The van der Waals surface area contributed by atoms with Gasteiger partial charge in [-0.25, -0.2) is 20.9 Å². The monoisotopic (exact) mass is 554 g/mol. The van der Waals surface area contributed by atoms with Gasteiger partial charge in [-0.05, 0) is 51.4 Å². The molecule has 180 valence electrons. The lowest BCUT2D eigenvalue weighted by atomic mass is 9.85. The molecule has 3 fully saturated rings. The van der Waals surface area contributed by atoms with Crippen molar-refractivity contribution in [2.75, 3.05) is 19.6 Å². The van der Waals surface area contributed by atoms with Gasteiger partial charge in [0.15, 0.2) is 0 Å². The molecule has 0 aromatic rings. The number of hydrogen-bond donors (Lipinski definition) is 6. The normalized spacial score (nSPS) is 39.7. The molecule has 6 N–H and O–H groups in total. The number of nitrogens with zero attached hydrogens (tertiary/aromatic N) is 1. The molecule has 0 amide bonds. The third-order valence-electron chi connectivity index (χ3n) is 7.75. The Bertz CT molecular complexity index is 574. The number of nitrogens with one attached hydrogen (secondary N) is 4. The topological polar surface area (TPSA) is 124 Å². The summed E-state index contributed by atoms with van der Waals surface area (Å²) in [4.78, 5) is 1.61. The average molecular weight is 554 g/mol. The quantitative estimate of drug-likeness (QED) is 0.104. The van der Waals surface area contributed by atoms with E-state index in [0.29, 0.717) is 18.8 Å². The van der Waals surface area contributed by atoms with E-state index in [1.807, 2.05) is 0 Å². The van der Waals surface area contributed by atoms with Gasteiger partial charge in [-0.3, -0.25) is 0 Å². The molecule has 1 saturated heterocycles. The van der Waals surface area contributed by atoms with Gasteiger partial charge in [0, 0.05) is 22.2 Å². The van der Waals surface area contributed by atoms with E-state index in [-0.39, 0.29) is 12.5 Å². The highest BCUT2D eigenvalue weighted by molar-refractivity contribution is 14.1. The standard InChI is InChI=1S/C21H40IN5O4/c1-2-15-4-3-11-25(13-15)14-20(16-5-7-17(22)8-6-16)24-23-19-10-9-18(26(28)29)12-21(19)27(30)31/h15-19,21,23,26-28,30H,2-14H2,1H3/p+1. The van der Waals surface area contributed by atoms with Gasteiger partial charge in [-0.15, -0.1) is 0 Å². The maximum absolute atomic E-state index is 11.8. The molecule has 0 aromatic carbocycles. The van der Waals surface area contributed by atoms with Crippen molar-refractivity contribution in [2.45, 2.75) is 93.2 Å². The van der Waals surface area contributed by atoms with E-state index in [4.69, 9.17) is 5.10 Å². The minimum atomic E-state index is -0.918. The molecule has 1 heterocycles. The van der Waals surface area contributed by atoms with Gasteiger partial charge >= 0.3 is 0 Å². The number of quaternary nitrogens is 3. The molecule has 0 bridgehead atoms. The van der Waals surface area contributed by atoms with Crippen LogP contribution in [0.5, 0.6) is 0 Å². The van der Waals surface area contributed by atoms with Gasteiger partial charge in [0.2, 0.25) is 0 Å². The van der Waals surface area contributed by atoms with Gasteiger partial charge in [0.25, 0.3) is 0 Å². The largest absolute Gasteiger partial charge is 0.600 e. The zero-order valence-corrected chi connectivity index (χ0v) is 20.9. The number of piperidine rings is 1. The number of rotatable bonds is 8. The smallest absolute Gasteiger partial charge is 0.144 e. The minimum absolute atomic E-state index is 0.183. The highest BCUT2D eigenvalue weighted by atomic mass is 127. The molecule has 1 aliphatic heterocycles. The summed E-state index contributed by atoms with van der Waals surface area (Å²) in [6, 6.07) is -1.55. The fraction of sp³-hybridized carbons (Fsp3) is 0.952. The van der Waals surface area contributed by atoms with Crippen molar-refractivity contribution in [3.63, 3.8) is 0 Å². The Morgan fingerprint density at radius 2 is 1.84 bits per heavy atom. The van der Waals surface area contributed by atoms with Crippen molar-refractivity contribution in [3.05, 3.63) is 10.4 Å². The lowest BCUT2D eigenvalue weighted by Gasteiger charge is -2.39. The first kappa shape index (κ1) is 25.5. The zero-order chi connectivity index (χ0) is 22.4. The van der Waals surface area contributed by atoms with Crippen molar-refractivity contribution < 1.29 is 25.8 Å². The minimum Gasteiger partial charge on any atom is -0.600 e. The van der Waals surface area contributed by atoms with Gasteiger partial charge in [0.05, 0.1) is 31.3 Å². The molecule has 9 nitrogen and oxygen atoms in total. The second kappa shape index (κ2) is 12.4. The average Bonchev–Trinajstić information content (AvgIpc) is 2.77. The van der Waals surface area contributed by atoms with Crippen LogP contribution in [0.3, 0.4) is 0 Å². The highest BCUT2D eigenvalue weighted by Crippen LogP contribution is 2.30. The molecule has 2 saturated carbocycles. The van der Waals surface area contributed by atoms with Crippen molar-refractivity contribution in [1.29, 1.82) is 0 Å². The van der Waals surface area contributed by atoms with Crippen LogP contribution in [0.15, 0.2) is 5.10 Å². The number of hydrazone groups is 1. The first-order chi connectivity index (χ1) is 14.9. The summed E-state index contributed by atoms with van der Waals surface area (Å²) in [7, 11) is 0. The van der Waals surface area contributed by atoms with Crippen LogP contribution < -0.4 is 20.8 Å². The summed E-state index contributed by atoms with van der Waals surface area (Å²) < 4.78 is 0.748. The fourth-order valence-corrected chi connectivity index (χ4v) is 6.39. The third kappa shape index (κ3) is 7.46. The summed E-state index contributed by atoms with van der Waals surface area (Å²) >= 11 is 2.55. The Morgan fingerprint density at radius 3 is 2.48 bits per heavy atom. The van der Waals surface area contributed by atoms with Crippen LogP contribution in [0.2, 0.25) is 0 Å². The van der Waals surface area contributed by atoms with Crippen LogP contribution >= 0.6 is 22.6 Å².